The number of hydrogen-bond donors (Lipinski definition) is 1. The first-order chi connectivity index (χ1) is 7.08. The summed E-state index contributed by atoms with van der Waals surface area (Å²) < 4.78 is 31.2. The molecule has 84 valence electrons. The average molecular weight is 231 g/mol. The second-order valence-corrected chi connectivity index (χ2v) is 5.10. The number of nitrogens with two attached hydrogens (primary N) is 1. The molecule has 0 atom stereocenters. The third-order valence-corrected chi connectivity index (χ3v) is 3.52. The molecule has 2 aliphatic rings. The minimum atomic E-state index is -3.56. The van der Waals surface area contributed by atoms with E-state index in [0.29, 0.717) is 25.5 Å². The summed E-state index contributed by atoms with van der Waals surface area (Å²) >= 11 is 0. The van der Waals surface area contributed by atoms with Gasteiger partial charge in [-0.3, -0.25) is 4.90 Å². The molecule has 1 fully saturated rings. The van der Waals surface area contributed by atoms with E-state index in [4.69, 9.17) is 10.5 Å². The molecule has 0 saturated carbocycles. The molecule has 2 N–H and O–H groups in total. The zero-order valence-corrected chi connectivity index (χ0v) is 9.03. The lowest BCUT2D eigenvalue weighted by Crippen LogP contribution is -2.39. The van der Waals surface area contributed by atoms with Crippen LogP contribution in [0, 0.1) is 0 Å². The summed E-state index contributed by atoms with van der Waals surface area (Å²) in [4.78, 5) is 2.09. The van der Waals surface area contributed by atoms with Crippen LogP contribution in [0.4, 0.5) is 0 Å². The van der Waals surface area contributed by atoms with E-state index >= 15 is 0 Å². The van der Waals surface area contributed by atoms with Crippen molar-refractivity contribution in [3.05, 3.63) is 11.1 Å². The van der Waals surface area contributed by atoms with Gasteiger partial charge < -0.3 is 10.5 Å². The molecule has 0 unspecified atom stereocenters. The highest BCUT2D eigenvalue weighted by Gasteiger charge is 2.23. The molecule has 0 spiro atoms. The van der Waals surface area contributed by atoms with Crippen molar-refractivity contribution < 1.29 is 13.2 Å². The number of sulfonamides is 1. The van der Waals surface area contributed by atoms with Crippen molar-refractivity contribution in [2.45, 2.75) is 0 Å². The first-order valence-electron chi connectivity index (χ1n) is 4.69. The summed E-state index contributed by atoms with van der Waals surface area (Å²) in [5.74, 6) is 0. The highest BCUT2D eigenvalue weighted by Crippen LogP contribution is 2.12. The number of rotatable bonds is 2. The van der Waals surface area contributed by atoms with E-state index in [0.717, 1.165) is 13.1 Å². The van der Waals surface area contributed by atoms with Gasteiger partial charge in [-0.15, -0.1) is 0 Å². The lowest BCUT2D eigenvalue weighted by Gasteiger charge is -2.25. The Hall–Kier alpha value is -0.920. The minimum Gasteiger partial charge on any atom is -0.388 e. The summed E-state index contributed by atoms with van der Waals surface area (Å²) in [6.07, 6.45) is 1.42. The predicted octanol–water partition coefficient (Wildman–Crippen LogP) is -1.10. The molecule has 0 amide bonds. The standard InChI is InChI=1S/C8H13N3O3S/c9-8-5-7(10-15(8,12)13)6-11-1-3-14-4-2-11/h5H,1-4,6,9H2. The molecule has 2 heterocycles. The van der Waals surface area contributed by atoms with Crippen LogP contribution in [0.15, 0.2) is 15.5 Å². The molecular formula is C8H13N3O3S. The Kier molecular flexibility index (Phi) is 2.76. The Morgan fingerprint density at radius 2 is 2.13 bits per heavy atom. The molecule has 2 aliphatic heterocycles. The van der Waals surface area contributed by atoms with E-state index in [1.807, 2.05) is 0 Å². The second kappa shape index (κ2) is 3.92. The molecule has 7 heteroatoms. The molecular weight excluding hydrogens is 218 g/mol. The third-order valence-electron chi connectivity index (χ3n) is 2.33. The van der Waals surface area contributed by atoms with Crippen molar-refractivity contribution in [3.8, 4) is 0 Å². The van der Waals surface area contributed by atoms with Gasteiger partial charge in [0.25, 0.3) is 10.0 Å². The van der Waals surface area contributed by atoms with Gasteiger partial charge in [0.15, 0.2) is 5.03 Å². The van der Waals surface area contributed by atoms with Crippen LogP contribution < -0.4 is 5.73 Å². The summed E-state index contributed by atoms with van der Waals surface area (Å²) in [6, 6.07) is 0. The van der Waals surface area contributed by atoms with Crippen LogP contribution in [0.25, 0.3) is 0 Å². The molecule has 0 aromatic heterocycles. The Labute approximate surface area is 88.5 Å². The molecule has 6 nitrogen and oxygen atoms in total. The van der Waals surface area contributed by atoms with Crippen LogP contribution >= 0.6 is 0 Å². The van der Waals surface area contributed by atoms with E-state index < -0.39 is 10.0 Å². The van der Waals surface area contributed by atoms with Crippen LogP contribution in [-0.2, 0) is 14.8 Å². The predicted molar refractivity (Wildman–Crippen MR) is 55.9 cm³/mol. The number of ether oxygens (including phenoxy) is 1. The van der Waals surface area contributed by atoms with Crippen molar-refractivity contribution in [2.75, 3.05) is 32.8 Å². The van der Waals surface area contributed by atoms with Crippen LogP contribution in [0.1, 0.15) is 0 Å². The summed E-state index contributed by atoms with van der Waals surface area (Å²) in [7, 11) is -3.56. The highest BCUT2D eigenvalue weighted by molar-refractivity contribution is 7.94. The molecule has 15 heavy (non-hydrogen) atoms. The first kappa shape index (κ1) is 10.6. The van der Waals surface area contributed by atoms with Gasteiger partial charge in [-0.05, 0) is 6.08 Å². The molecule has 2 rings (SSSR count). The maximum atomic E-state index is 11.2. The maximum Gasteiger partial charge on any atom is 0.297 e. The van der Waals surface area contributed by atoms with Crippen LogP contribution in [-0.4, -0.2) is 51.9 Å². The van der Waals surface area contributed by atoms with Crippen molar-refractivity contribution in [2.24, 2.45) is 10.1 Å². The van der Waals surface area contributed by atoms with Crippen LogP contribution in [0.3, 0.4) is 0 Å². The zero-order chi connectivity index (χ0) is 10.9. The average Bonchev–Trinajstić information content (AvgIpc) is 2.42. The van der Waals surface area contributed by atoms with Gasteiger partial charge in [0.05, 0.1) is 18.9 Å². The maximum absolute atomic E-state index is 11.2. The number of morpholine rings is 1. The molecule has 0 aliphatic carbocycles. The summed E-state index contributed by atoms with van der Waals surface area (Å²) in [6.45, 7) is 3.47. The smallest absolute Gasteiger partial charge is 0.297 e. The van der Waals surface area contributed by atoms with E-state index in [1.54, 1.807) is 0 Å². The first-order valence-corrected chi connectivity index (χ1v) is 6.13. The second-order valence-electron chi connectivity index (χ2n) is 3.49. The van der Waals surface area contributed by atoms with Gasteiger partial charge in [0, 0.05) is 19.6 Å². The van der Waals surface area contributed by atoms with Crippen molar-refractivity contribution in [1.82, 2.24) is 4.90 Å². The van der Waals surface area contributed by atoms with Crippen molar-refractivity contribution in [1.29, 1.82) is 0 Å². The van der Waals surface area contributed by atoms with E-state index in [2.05, 4.69) is 9.30 Å². The monoisotopic (exact) mass is 231 g/mol. The van der Waals surface area contributed by atoms with Gasteiger partial charge in [-0.1, -0.05) is 0 Å². The van der Waals surface area contributed by atoms with E-state index in [-0.39, 0.29) is 5.03 Å². The number of hydrogen-bond acceptors (Lipinski definition) is 5. The minimum absolute atomic E-state index is 0.161. The Morgan fingerprint density at radius 3 is 2.67 bits per heavy atom. The topological polar surface area (TPSA) is 85.0 Å². The quantitative estimate of drug-likeness (QED) is 0.652. The van der Waals surface area contributed by atoms with Crippen LogP contribution in [0.5, 0.6) is 0 Å². The summed E-state index contributed by atoms with van der Waals surface area (Å²) in [5.41, 5.74) is 5.83. The molecule has 1 saturated heterocycles. The van der Waals surface area contributed by atoms with Gasteiger partial charge in [0.2, 0.25) is 0 Å². The van der Waals surface area contributed by atoms with Crippen LogP contribution in [0.2, 0.25) is 0 Å². The molecule has 0 bridgehead atoms. The largest absolute Gasteiger partial charge is 0.388 e. The van der Waals surface area contributed by atoms with Gasteiger partial charge in [-0.25, -0.2) is 0 Å². The van der Waals surface area contributed by atoms with Gasteiger partial charge in [0.1, 0.15) is 0 Å². The lowest BCUT2D eigenvalue weighted by molar-refractivity contribution is 0.0454. The molecule has 0 aromatic rings. The normalized spacial score (nSPS) is 26.1. The fraction of sp³-hybridized carbons (Fsp3) is 0.625. The fourth-order valence-electron chi connectivity index (χ4n) is 1.53. The lowest BCUT2D eigenvalue weighted by atomic mass is 10.3. The highest BCUT2D eigenvalue weighted by atomic mass is 32.2. The van der Waals surface area contributed by atoms with Gasteiger partial charge in [-0.2, -0.15) is 12.8 Å². The van der Waals surface area contributed by atoms with Crippen molar-refractivity contribution >= 4 is 15.7 Å². The molecule has 0 radical (unpaired) electrons. The fourth-order valence-corrected chi connectivity index (χ4v) is 2.34. The Bertz CT molecular complexity index is 407. The Balaban J connectivity index is 2.02. The molecule has 0 aromatic carbocycles. The zero-order valence-electron chi connectivity index (χ0n) is 8.22. The number of nitrogens with zero attached hydrogens (tertiary/aromatic N) is 2. The van der Waals surface area contributed by atoms with E-state index in [1.165, 1.54) is 6.08 Å². The Morgan fingerprint density at radius 1 is 1.47 bits per heavy atom. The van der Waals surface area contributed by atoms with E-state index in [9.17, 15) is 8.42 Å². The SMILES string of the molecule is NC1=CC(CN2CCOCC2)=NS1(=O)=O. The third kappa shape index (κ3) is 2.36. The summed E-state index contributed by atoms with van der Waals surface area (Å²) in [5, 5.41) is -0.161. The van der Waals surface area contributed by atoms with Crippen molar-refractivity contribution in [3.63, 3.8) is 0 Å². The van der Waals surface area contributed by atoms with Gasteiger partial charge >= 0.3 is 0 Å².